The molecule has 2 heterocycles. The van der Waals surface area contributed by atoms with E-state index in [0.717, 1.165) is 12.2 Å². The van der Waals surface area contributed by atoms with Gasteiger partial charge in [0.1, 0.15) is 0 Å². The van der Waals surface area contributed by atoms with E-state index in [9.17, 15) is 4.79 Å². The van der Waals surface area contributed by atoms with Gasteiger partial charge in [0.25, 0.3) is 0 Å². The Morgan fingerprint density at radius 1 is 1.18 bits per heavy atom. The fourth-order valence-corrected chi connectivity index (χ4v) is 3.37. The van der Waals surface area contributed by atoms with Crippen LogP contribution >= 0.6 is 0 Å². The second kappa shape index (κ2) is 5.13. The standard InChI is InChI=1S/C18H19N3O/c22-17(20-11-14-5-3-4-10-19-14)12-21-13-18(8-9-18)15-6-1-2-7-16(15)21/h1-7,10H,8-9,11-13H2,(H,20,22). The van der Waals surface area contributed by atoms with Gasteiger partial charge in [0.15, 0.2) is 0 Å². The average Bonchev–Trinajstić information content (AvgIpc) is 3.27. The Bertz CT molecular complexity index is 694. The van der Waals surface area contributed by atoms with Crippen LogP contribution in [-0.4, -0.2) is 24.0 Å². The Morgan fingerprint density at radius 2 is 2.00 bits per heavy atom. The molecule has 0 saturated heterocycles. The molecule has 0 atom stereocenters. The van der Waals surface area contributed by atoms with E-state index in [0.29, 0.717) is 18.5 Å². The molecule has 1 aromatic carbocycles. The Balaban J connectivity index is 1.41. The van der Waals surface area contributed by atoms with Crippen molar-refractivity contribution in [2.24, 2.45) is 0 Å². The van der Waals surface area contributed by atoms with Gasteiger partial charge in [0.05, 0.1) is 18.8 Å². The van der Waals surface area contributed by atoms with Crippen LogP contribution in [0.1, 0.15) is 24.1 Å². The Hall–Kier alpha value is -2.36. The minimum Gasteiger partial charge on any atom is -0.361 e. The number of fused-ring (bicyclic) bond motifs is 2. The highest BCUT2D eigenvalue weighted by Gasteiger charge is 2.51. The average molecular weight is 293 g/mol. The molecule has 22 heavy (non-hydrogen) atoms. The highest BCUT2D eigenvalue weighted by molar-refractivity contribution is 5.83. The highest BCUT2D eigenvalue weighted by atomic mass is 16.2. The van der Waals surface area contributed by atoms with Gasteiger partial charge in [-0.3, -0.25) is 9.78 Å². The Morgan fingerprint density at radius 3 is 2.77 bits per heavy atom. The van der Waals surface area contributed by atoms with Gasteiger partial charge in [-0.2, -0.15) is 0 Å². The Labute approximate surface area is 130 Å². The van der Waals surface area contributed by atoms with E-state index in [4.69, 9.17) is 0 Å². The number of hydrogen-bond donors (Lipinski definition) is 1. The maximum absolute atomic E-state index is 12.2. The van der Waals surface area contributed by atoms with Gasteiger partial charge in [-0.25, -0.2) is 0 Å². The molecule has 1 N–H and O–H groups in total. The number of benzene rings is 1. The van der Waals surface area contributed by atoms with Crippen LogP contribution in [0.4, 0.5) is 5.69 Å². The van der Waals surface area contributed by atoms with Crippen molar-refractivity contribution < 1.29 is 4.79 Å². The molecule has 1 saturated carbocycles. The molecule has 1 spiro atoms. The summed E-state index contributed by atoms with van der Waals surface area (Å²) in [4.78, 5) is 18.7. The zero-order chi connectivity index (χ0) is 15.0. The zero-order valence-corrected chi connectivity index (χ0v) is 12.5. The molecule has 1 fully saturated rings. The van der Waals surface area contributed by atoms with Crippen LogP contribution in [0.5, 0.6) is 0 Å². The normalized spacial score (nSPS) is 17.4. The summed E-state index contributed by atoms with van der Waals surface area (Å²) in [7, 11) is 0. The van der Waals surface area contributed by atoms with Crippen molar-refractivity contribution in [3.8, 4) is 0 Å². The summed E-state index contributed by atoms with van der Waals surface area (Å²) in [6.45, 7) is 1.88. The zero-order valence-electron chi connectivity index (χ0n) is 12.5. The van der Waals surface area contributed by atoms with E-state index < -0.39 is 0 Å². The smallest absolute Gasteiger partial charge is 0.239 e. The van der Waals surface area contributed by atoms with Crippen molar-refractivity contribution >= 4 is 11.6 Å². The van der Waals surface area contributed by atoms with Crippen LogP contribution in [-0.2, 0) is 16.8 Å². The number of nitrogens with zero attached hydrogens (tertiary/aromatic N) is 2. The van der Waals surface area contributed by atoms with Crippen molar-refractivity contribution in [1.29, 1.82) is 0 Å². The van der Waals surface area contributed by atoms with Crippen LogP contribution in [0.3, 0.4) is 0 Å². The minimum absolute atomic E-state index is 0.0538. The molecule has 2 aromatic rings. The summed E-state index contributed by atoms with van der Waals surface area (Å²) in [5.74, 6) is 0.0538. The third kappa shape index (κ3) is 2.34. The van der Waals surface area contributed by atoms with Gasteiger partial charge in [-0.15, -0.1) is 0 Å². The molecule has 0 radical (unpaired) electrons. The van der Waals surface area contributed by atoms with Crippen molar-refractivity contribution in [3.63, 3.8) is 0 Å². The summed E-state index contributed by atoms with van der Waals surface area (Å²) in [5.41, 5.74) is 3.87. The second-order valence-electron chi connectivity index (χ2n) is 6.25. The lowest BCUT2D eigenvalue weighted by Crippen LogP contribution is -2.37. The van der Waals surface area contributed by atoms with Crippen molar-refractivity contribution in [2.75, 3.05) is 18.0 Å². The number of amides is 1. The van der Waals surface area contributed by atoms with Crippen molar-refractivity contribution in [3.05, 3.63) is 59.9 Å². The predicted octanol–water partition coefficient (Wildman–Crippen LogP) is 2.25. The van der Waals surface area contributed by atoms with Gasteiger partial charge < -0.3 is 10.2 Å². The van der Waals surface area contributed by atoms with Gasteiger partial charge in [-0.1, -0.05) is 24.3 Å². The molecule has 4 rings (SSSR count). The fraction of sp³-hybridized carbons (Fsp3) is 0.333. The van der Waals surface area contributed by atoms with Gasteiger partial charge in [-0.05, 0) is 36.6 Å². The first-order valence-electron chi connectivity index (χ1n) is 7.78. The minimum atomic E-state index is 0.0538. The number of carbonyl (C=O) groups excluding carboxylic acids is 1. The largest absolute Gasteiger partial charge is 0.361 e. The molecule has 1 amide bonds. The van der Waals surface area contributed by atoms with E-state index in [1.54, 1.807) is 6.20 Å². The maximum atomic E-state index is 12.2. The van der Waals surface area contributed by atoms with Crippen molar-refractivity contribution in [1.82, 2.24) is 10.3 Å². The van der Waals surface area contributed by atoms with Crippen LogP contribution in [0, 0.1) is 0 Å². The van der Waals surface area contributed by atoms with Crippen molar-refractivity contribution in [2.45, 2.75) is 24.8 Å². The van der Waals surface area contributed by atoms with Crippen LogP contribution < -0.4 is 10.2 Å². The number of hydrogen-bond acceptors (Lipinski definition) is 3. The molecule has 4 nitrogen and oxygen atoms in total. The number of carbonyl (C=O) groups is 1. The topological polar surface area (TPSA) is 45.2 Å². The summed E-state index contributed by atoms with van der Waals surface area (Å²) >= 11 is 0. The van der Waals surface area contributed by atoms with Crippen LogP contribution in [0.2, 0.25) is 0 Å². The first-order valence-corrected chi connectivity index (χ1v) is 7.78. The number of para-hydroxylation sites is 1. The predicted molar refractivity (Wildman–Crippen MR) is 85.7 cm³/mol. The number of anilines is 1. The molecule has 1 aliphatic heterocycles. The SMILES string of the molecule is O=C(CN1CC2(CC2)c2ccccc21)NCc1ccccn1. The van der Waals surface area contributed by atoms with Gasteiger partial charge in [0, 0.05) is 23.8 Å². The third-order valence-corrected chi connectivity index (χ3v) is 4.69. The number of aromatic nitrogens is 1. The number of nitrogens with one attached hydrogen (secondary N) is 1. The second-order valence-corrected chi connectivity index (χ2v) is 6.25. The number of pyridine rings is 1. The van der Waals surface area contributed by atoms with Crippen LogP contribution in [0.15, 0.2) is 48.7 Å². The van der Waals surface area contributed by atoms with Crippen LogP contribution in [0.25, 0.3) is 0 Å². The summed E-state index contributed by atoms with van der Waals surface area (Å²) < 4.78 is 0. The summed E-state index contributed by atoms with van der Waals surface area (Å²) in [6.07, 6.45) is 4.24. The molecule has 0 unspecified atom stereocenters. The molecule has 112 valence electrons. The third-order valence-electron chi connectivity index (χ3n) is 4.69. The van der Waals surface area contributed by atoms with E-state index >= 15 is 0 Å². The molecule has 1 aliphatic carbocycles. The lowest BCUT2D eigenvalue weighted by atomic mass is 9.99. The van der Waals surface area contributed by atoms with E-state index in [2.05, 4.69) is 39.5 Å². The maximum Gasteiger partial charge on any atom is 0.239 e. The lowest BCUT2D eigenvalue weighted by molar-refractivity contribution is -0.119. The fourth-order valence-electron chi connectivity index (χ4n) is 3.37. The first-order chi connectivity index (χ1) is 10.8. The van der Waals surface area contributed by atoms with E-state index in [-0.39, 0.29) is 5.91 Å². The molecular formula is C18H19N3O. The Kier molecular flexibility index (Phi) is 3.10. The summed E-state index contributed by atoms with van der Waals surface area (Å²) in [6, 6.07) is 14.2. The quantitative estimate of drug-likeness (QED) is 0.940. The monoisotopic (exact) mass is 293 g/mol. The highest BCUT2D eigenvalue weighted by Crippen LogP contribution is 2.56. The molecule has 0 bridgehead atoms. The molecule has 1 aromatic heterocycles. The molecular weight excluding hydrogens is 274 g/mol. The van der Waals surface area contributed by atoms with E-state index in [1.807, 2.05) is 18.2 Å². The van der Waals surface area contributed by atoms with Gasteiger partial charge in [0.2, 0.25) is 5.91 Å². The lowest BCUT2D eigenvalue weighted by Gasteiger charge is -2.19. The molecule has 2 aliphatic rings. The number of rotatable bonds is 4. The first kappa shape index (κ1) is 13.3. The van der Waals surface area contributed by atoms with Gasteiger partial charge >= 0.3 is 0 Å². The molecule has 4 heteroatoms. The summed E-state index contributed by atoms with van der Waals surface area (Å²) in [5, 5.41) is 2.96. The van der Waals surface area contributed by atoms with E-state index in [1.165, 1.54) is 24.1 Å².